The summed E-state index contributed by atoms with van der Waals surface area (Å²) in [6.07, 6.45) is 2.43. The summed E-state index contributed by atoms with van der Waals surface area (Å²) >= 11 is 1.68. The smallest absolute Gasteiger partial charge is 0.185 e. The van der Waals surface area contributed by atoms with E-state index >= 15 is 0 Å². The summed E-state index contributed by atoms with van der Waals surface area (Å²) in [6.45, 7) is 7.24. The standard InChI is InChI=1S/C20H28N4O3S/c25-18(15-22-7-9-23(10-8-22)20-21-5-12-28-20)16-26-19-4-1-3-17(13-19)14-24-6-2-11-27-24/h1,3-5,12-13,18,25H,2,6-11,14-16H2. The molecule has 2 saturated heterocycles. The summed E-state index contributed by atoms with van der Waals surface area (Å²) in [5, 5.41) is 15.5. The molecule has 1 aromatic heterocycles. The fourth-order valence-electron chi connectivity index (χ4n) is 3.60. The van der Waals surface area contributed by atoms with Crippen LogP contribution in [0.3, 0.4) is 0 Å². The van der Waals surface area contributed by atoms with E-state index in [4.69, 9.17) is 9.57 Å². The maximum Gasteiger partial charge on any atom is 0.185 e. The van der Waals surface area contributed by atoms with E-state index in [0.29, 0.717) is 13.2 Å². The average molecular weight is 405 g/mol. The average Bonchev–Trinajstić information content (AvgIpc) is 3.42. The van der Waals surface area contributed by atoms with Gasteiger partial charge in [0.05, 0.1) is 6.61 Å². The van der Waals surface area contributed by atoms with E-state index in [1.165, 1.54) is 0 Å². The van der Waals surface area contributed by atoms with E-state index in [1.807, 2.05) is 34.8 Å². The largest absolute Gasteiger partial charge is 0.491 e. The summed E-state index contributed by atoms with van der Waals surface area (Å²) in [6, 6.07) is 8.03. The van der Waals surface area contributed by atoms with Crippen molar-refractivity contribution < 1.29 is 14.7 Å². The van der Waals surface area contributed by atoms with E-state index in [9.17, 15) is 5.11 Å². The second kappa shape index (κ2) is 9.67. The molecule has 28 heavy (non-hydrogen) atoms. The topological polar surface area (TPSA) is 61.3 Å². The van der Waals surface area contributed by atoms with Crippen molar-refractivity contribution in [2.45, 2.75) is 19.1 Å². The van der Waals surface area contributed by atoms with Crippen LogP contribution >= 0.6 is 11.3 Å². The lowest BCUT2D eigenvalue weighted by molar-refractivity contribution is -0.117. The number of hydrogen-bond donors (Lipinski definition) is 1. The Kier molecular flexibility index (Phi) is 6.77. The highest BCUT2D eigenvalue weighted by atomic mass is 32.1. The van der Waals surface area contributed by atoms with Gasteiger partial charge >= 0.3 is 0 Å². The summed E-state index contributed by atoms with van der Waals surface area (Å²) in [5.41, 5.74) is 1.16. The van der Waals surface area contributed by atoms with Crippen LogP contribution in [-0.2, 0) is 11.4 Å². The van der Waals surface area contributed by atoms with Gasteiger partial charge in [-0.3, -0.25) is 9.74 Å². The van der Waals surface area contributed by atoms with Crippen LogP contribution in [0.15, 0.2) is 35.8 Å². The van der Waals surface area contributed by atoms with E-state index in [2.05, 4.69) is 20.9 Å². The number of ether oxygens (including phenoxy) is 1. The van der Waals surface area contributed by atoms with Gasteiger partial charge in [-0.15, -0.1) is 11.3 Å². The van der Waals surface area contributed by atoms with Crippen molar-refractivity contribution in [3.8, 4) is 5.75 Å². The molecule has 0 saturated carbocycles. The second-order valence-electron chi connectivity index (χ2n) is 7.26. The predicted molar refractivity (Wildman–Crippen MR) is 110 cm³/mol. The molecule has 152 valence electrons. The van der Waals surface area contributed by atoms with Gasteiger partial charge in [0, 0.05) is 57.4 Å². The zero-order valence-electron chi connectivity index (χ0n) is 16.1. The Hall–Kier alpha value is -1.71. The fraction of sp³-hybridized carbons (Fsp3) is 0.550. The first kappa shape index (κ1) is 19.6. The molecular weight excluding hydrogens is 376 g/mol. The number of piperazine rings is 1. The van der Waals surface area contributed by atoms with Crippen molar-refractivity contribution in [3.05, 3.63) is 41.4 Å². The van der Waals surface area contributed by atoms with Crippen LogP contribution in [0.25, 0.3) is 0 Å². The lowest BCUT2D eigenvalue weighted by atomic mass is 10.2. The lowest BCUT2D eigenvalue weighted by Crippen LogP contribution is -2.49. The highest BCUT2D eigenvalue weighted by molar-refractivity contribution is 7.13. The quantitative estimate of drug-likeness (QED) is 0.720. The minimum atomic E-state index is -0.503. The predicted octanol–water partition coefficient (Wildman–Crippen LogP) is 1.84. The highest BCUT2D eigenvalue weighted by Crippen LogP contribution is 2.19. The third kappa shape index (κ3) is 5.42. The molecule has 1 N–H and O–H groups in total. The number of benzene rings is 1. The molecule has 8 heteroatoms. The van der Waals surface area contributed by atoms with Crippen molar-refractivity contribution in [2.75, 3.05) is 57.4 Å². The Morgan fingerprint density at radius 1 is 1.21 bits per heavy atom. The summed E-state index contributed by atoms with van der Waals surface area (Å²) in [7, 11) is 0. The monoisotopic (exact) mass is 404 g/mol. The van der Waals surface area contributed by atoms with Crippen LogP contribution in [0.2, 0.25) is 0 Å². The van der Waals surface area contributed by atoms with Crippen molar-refractivity contribution >= 4 is 16.5 Å². The maximum absolute atomic E-state index is 10.4. The Morgan fingerprint density at radius 2 is 2.11 bits per heavy atom. The minimum absolute atomic E-state index is 0.302. The van der Waals surface area contributed by atoms with E-state index in [-0.39, 0.29) is 0 Å². The van der Waals surface area contributed by atoms with Gasteiger partial charge in [-0.25, -0.2) is 4.98 Å². The second-order valence-corrected chi connectivity index (χ2v) is 8.14. The molecule has 2 aliphatic heterocycles. The molecule has 0 bridgehead atoms. The zero-order chi connectivity index (χ0) is 19.2. The molecule has 1 unspecified atom stereocenters. The van der Waals surface area contributed by atoms with Crippen molar-refractivity contribution in [1.82, 2.24) is 14.9 Å². The number of β-amino-alcohol motifs (C(OH)–C–C–N with tert-alkyl or cyclic N) is 1. The van der Waals surface area contributed by atoms with Gasteiger partial charge in [0.15, 0.2) is 5.13 Å². The number of nitrogens with zero attached hydrogens (tertiary/aromatic N) is 4. The van der Waals surface area contributed by atoms with Gasteiger partial charge < -0.3 is 14.7 Å². The van der Waals surface area contributed by atoms with Gasteiger partial charge in [-0.2, -0.15) is 5.06 Å². The van der Waals surface area contributed by atoms with Crippen LogP contribution < -0.4 is 9.64 Å². The van der Waals surface area contributed by atoms with Gasteiger partial charge in [0.1, 0.15) is 18.5 Å². The molecule has 3 heterocycles. The number of thiazole rings is 1. The lowest BCUT2D eigenvalue weighted by Gasteiger charge is -2.35. The Balaban J connectivity index is 1.19. The van der Waals surface area contributed by atoms with Crippen LogP contribution in [0.4, 0.5) is 5.13 Å². The van der Waals surface area contributed by atoms with E-state index < -0.39 is 6.10 Å². The summed E-state index contributed by atoms with van der Waals surface area (Å²) in [4.78, 5) is 14.5. The number of hydroxylamine groups is 2. The molecule has 1 atom stereocenters. The van der Waals surface area contributed by atoms with Crippen LogP contribution in [-0.4, -0.2) is 78.6 Å². The molecule has 2 fully saturated rings. The molecule has 2 aromatic rings. The highest BCUT2D eigenvalue weighted by Gasteiger charge is 2.21. The van der Waals surface area contributed by atoms with Gasteiger partial charge in [-0.1, -0.05) is 12.1 Å². The van der Waals surface area contributed by atoms with Crippen molar-refractivity contribution in [3.63, 3.8) is 0 Å². The molecule has 7 nitrogen and oxygen atoms in total. The van der Waals surface area contributed by atoms with Crippen molar-refractivity contribution in [1.29, 1.82) is 0 Å². The van der Waals surface area contributed by atoms with E-state index in [0.717, 1.165) is 68.7 Å². The molecule has 0 aliphatic carbocycles. The molecular formula is C20H28N4O3S. The summed E-state index contributed by atoms with van der Waals surface area (Å²) < 4.78 is 5.84. The Labute approximate surface area is 170 Å². The number of aliphatic hydroxyl groups is 1. The number of aliphatic hydroxyl groups excluding tert-OH is 1. The molecule has 0 radical (unpaired) electrons. The Bertz CT molecular complexity index is 716. The SMILES string of the molecule is OC(COc1cccc(CN2CCCO2)c1)CN1CCN(c2nccs2)CC1. The van der Waals surface area contributed by atoms with Crippen LogP contribution in [0.1, 0.15) is 12.0 Å². The fourth-order valence-corrected chi connectivity index (χ4v) is 4.29. The molecule has 4 rings (SSSR count). The van der Waals surface area contributed by atoms with Crippen LogP contribution in [0.5, 0.6) is 5.75 Å². The number of aromatic nitrogens is 1. The number of anilines is 1. The first-order chi connectivity index (χ1) is 13.8. The first-order valence-corrected chi connectivity index (χ1v) is 10.8. The normalized spacial score (nSPS) is 19.8. The van der Waals surface area contributed by atoms with Gasteiger partial charge in [0.2, 0.25) is 0 Å². The molecule has 0 spiro atoms. The molecule has 1 aromatic carbocycles. The first-order valence-electron chi connectivity index (χ1n) is 9.91. The molecule has 0 amide bonds. The van der Waals surface area contributed by atoms with Gasteiger partial charge in [0.25, 0.3) is 0 Å². The van der Waals surface area contributed by atoms with Crippen LogP contribution in [0, 0.1) is 0 Å². The number of rotatable bonds is 8. The molecule has 2 aliphatic rings. The van der Waals surface area contributed by atoms with Crippen molar-refractivity contribution in [2.24, 2.45) is 0 Å². The Morgan fingerprint density at radius 3 is 2.86 bits per heavy atom. The van der Waals surface area contributed by atoms with Gasteiger partial charge in [-0.05, 0) is 24.1 Å². The zero-order valence-corrected chi connectivity index (χ0v) is 16.9. The summed E-state index contributed by atoms with van der Waals surface area (Å²) in [5.74, 6) is 0.796. The minimum Gasteiger partial charge on any atom is -0.491 e. The maximum atomic E-state index is 10.4. The number of hydrogen-bond acceptors (Lipinski definition) is 8. The van der Waals surface area contributed by atoms with E-state index in [1.54, 1.807) is 11.3 Å². The third-order valence-corrected chi connectivity index (χ3v) is 5.89. The third-order valence-electron chi connectivity index (χ3n) is 5.06.